The number of unbranched alkanes of at least 4 members (excludes halogenated alkanes) is 1. The third-order valence-corrected chi connectivity index (χ3v) is 23.8. The average molecular weight is 953 g/mol. The summed E-state index contributed by atoms with van der Waals surface area (Å²) >= 11 is 0. The van der Waals surface area contributed by atoms with Gasteiger partial charge in [-0.05, 0) is 186 Å². The molecule has 0 aromatic carbocycles. The number of rotatable bonds is 14. The van der Waals surface area contributed by atoms with Crippen molar-refractivity contribution in [2.24, 2.45) is 109 Å². The lowest BCUT2D eigenvalue weighted by molar-refractivity contribution is -0.172. The smallest absolute Gasteiger partial charge is 0.0245 e. The molecule has 1 heteroatoms. The van der Waals surface area contributed by atoms with Gasteiger partial charge in [0.15, 0.2) is 0 Å². The van der Waals surface area contributed by atoms with Crippen molar-refractivity contribution in [3.63, 3.8) is 0 Å². The van der Waals surface area contributed by atoms with Crippen LogP contribution < -0.4 is 5.73 Å². The number of fused-ring (bicyclic) bond motifs is 2. The maximum atomic E-state index is 7.77. The SMILES string of the molecule is CC.CC.CC.CC(C)CCCCC1CCC2(N)C(C(C)C(C)(C)C)C(C3(C)CCC(C)CC3)CCC12C.CCC1C(C)(C2(C)CCC(C)CC2)CCC2(C)C(C(C)CCCC(C)C)CCC12C. The highest BCUT2D eigenvalue weighted by Crippen LogP contribution is 2.75. The van der Waals surface area contributed by atoms with Crippen LogP contribution in [0.4, 0.5) is 0 Å². The van der Waals surface area contributed by atoms with Gasteiger partial charge in [0.2, 0.25) is 0 Å². The fraction of sp³-hybridized carbons (Fsp3) is 1.00. The Labute approximate surface area is 432 Å². The van der Waals surface area contributed by atoms with Crippen molar-refractivity contribution in [1.29, 1.82) is 0 Å². The van der Waals surface area contributed by atoms with Crippen LogP contribution in [0.5, 0.6) is 0 Å². The molecule has 68 heavy (non-hydrogen) atoms. The predicted octanol–water partition coefficient (Wildman–Crippen LogP) is 22.2. The molecule has 6 saturated carbocycles. The second-order valence-corrected chi connectivity index (χ2v) is 28.9. The molecule has 0 aromatic heterocycles. The lowest BCUT2D eigenvalue weighted by Crippen LogP contribution is -2.66. The van der Waals surface area contributed by atoms with Crippen molar-refractivity contribution in [2.45, 2.75) is 326 Å². The lowest BCUT2D eigenvalue weighted by atomic mass is 9.39. The quantitative estimate of drug-likeness (QED) is 0.173. The first-order chi connectivity index (χ1) is 31.7. The van der Waals surface area contributed by atoms with E-state index in [9.17, 15) is 0 Å². The molecule has 0 aromatic rings. The minimum atomic E-state index is 0.0252. The summed E-state index contributed by atoms with van der Waals surface area (Å²) in [6.45, 7) is 57.9. The Morgan fingerprint density at radius 3 is 1.50 bits per heavy atom. The van der Waals surface area contributed by atoms with E-state index in [4.69, 9.17) is 5.73 Å². The highest BCUT2D eigenvalue weighted by atomic mass is 14.9. The van der Waals surface area contributed by atoms with Gasteiger partial charge in [-0.15, -0.1) is 0 Å². The predicted molar refractivity (Wildman–Crippen MR) is 309 cm³/mol. The second-order valence-electron chi connectivity index (χ2n) is 28.9. The molecule has 6 aliphatic rings. The zero-order chi connectivity index (χ0) is 52.3. The van der Waals surface area contributed by atoms with Crippen molar-refractivity contribution < 1.29 is 0 Å². The molecule has 1 nitrogen and oxygen atoms in total. The summed E-state index contributed by atoms with van der Waals surface area (Å²) in [4.78, 5) is 0. The lowest BCUT2D eigenvalue weighted by Gasteiger charge is -2.66. The Bertz CT molecular complexity index is 1380. The first-order valence-electron chi connectivity index (χ1n) is 31.5. The minimum Gasteiger partial charge on any atom is -0.324 e. The van der Waals surface area contributed by atoms with E-state index in [1.807, 2.05) is 41.5 Å². The second kappa shape index (κ2) is 26.4. The molecule has 0 bridgehead atoms. The molecule has 0 saturated heterocycles. The van der Waals surface area contributed by atoms with Gasteiger partial charge < -0.3 is 5.73 Å². The Morgan fingerprint density at radius 1 is 0.515 bits per heavy atom. The maximum Gasteiger partial charge on any atom is 0.0245 e. The van der Waals surface area contributed by atoms with E-state index < -0.39 is 0 Å². The summed E-state index contributed by atoms with van der Waals surface area (Å²) in [5.74, 6) is 9.32. The summed E-state index contributed by atoms with van der Waals surface area (Å²) in [6.07, 6.45) is 34.3. The highest BCUT2D eigenvalue weighted by Gasteiger charge is 2.68. The first-order valence-corrected chi connectivity index (χ1v) is 31.5. The van der Waals surface area contributed by atoms with Gasteiger partial charge in [0.1, 0.15) is 0 Å². The van der Waals surface area contributed by atoms with Crippen LogP contribution in [-0.2, 0) is 0 Å². The first kappa shape index (κ1) is 64.1. The van der Waals surface area contributed by atoms with Gasteiger partial charge in [0.25, 0.3) is 0 Å². The van der Waals surface area contributed by atoms with Crippen LogP contribution in [0, 0.1) is 103 Å². The highest BCUT2D eigenvalue weighted by molar-refractivity contribution is 5.19. The van der Waals surface area contributed by atoms with Crippen LogP contribution in [0.2, 0.25) is 0 Å². The third kappa shape index (κ3) is 13.2. The van der Waals surface area contributed by atoms with E-state index in [1.54, 1.807) is 0 Å². The molecular formula is C67H133N. The molecule has 0 amide bonds. The van der Waals surface area contributed by atoms with Crippen molar-refractivity contribution >= 4 is 0 Å². The maximum absolute atomic E-state index is 7.77. The van der Waals surface area contributed by atoms with Gasteiger partial charge in [-0.2, -0.15) is 0 Å². The standard InChI is InChI=1S/C31H59N.C30H56.3C2H6/c1-22(2)12-10-11-13-25-16-21-31(32)27(24(4)28(5,6)7)26(17-20-30(25,31)9)29(8)18-14-23(3)15-19-29;1-10-26-29(8,27(6)17-14-23(4)15-18-27)21-20-28(7)25(16-19-30(26,28)9)24(5)13-11-12-22(2)3;3*1-2/h22-27H,10-21,32H2,1-9H3;22-26H,10-21H2,1-9H3;3*1-2H3. The van der Waals surface area contributed by atoms with Crippen LogP contribution in [-0.4, -0.2) is 5.54 Å². The number of hydrogen-bond acceptors (Lipinski definition) is 1. The van der Waals surface area contributed by atoms with Gasteiger partial charge in [0.05, 0.1) is 0 Å². The zero-order valence-corrected chi connectivity index (χ0v) is 51.9. The molecule has 0 aliphatic heterocycles. The molecule has 12 atom stereocenters. The van der Waals surface area contributed by atoms with Crippen LogP contribution >= 0.6 is 0 Å². The summed E-state index contributed by atoms with van der Waals surface area (Å²) < 4.78 is 0. The average Bonchev–Trinajstić information content (AvgIpc) is 3.73. The zero-order valence-electron chi connectivity index (χ0n) is 51.9. The summed E-state index contributed by atoms with van der Waals surface area (Å²) in [5, 5.41) is 0. The van der Waals surface area contributed by atoms with Crippen LogP contribution in [0.25, 0.3) is 0 Å². The summed E-state index contributed by atoms with van der Waals surface area (Å²) in [5.41, 5.74) is 11.1. The Morgan fingerprint density at radius 2 is 1.00 bits per heavy atom. The van der Waals surface area contributed by atoms with E-state index in [-0.39, 0.29) is 5.54 Å². The minimum absolute atomic E-state index is 0.0252. The van der Waals surface area contributed by atoms with Crippen molar-refractivity contribution in [3.8, 4) is 0 Å². The molecule has 6 fully saturated rings. The van der Waals surface area contributed by atoms with Crippen molar-refractivity contribution in [1.82, 2.24) is 0 Å². The van der Waals surface area contributed by atoms with E-state index >= 15 is 0 Å². The molecule has 2 N–H and O–H groups in total. The van der Waals surface area contributed by atoms with E-state index in [0.29, 0.717) is 49.7 Å². The van der Waals surface area contributed by atoms with Crippen molar-refractivity contribution in [2.75, 3.05) is 0 Å². The molecule has 0 radical (unpaired) electrons. The van der Waals surface area contributed by atoms with Crippen LogP contribution in [0.3, 0.4) is 0 Å². The Kier molecular flexibility index (Phi) is 24.9. The van der Waals surface area contributed by atoms with Gasteiger partial charge in [-0.25, -0.2) is 0 Å². The van der Waals surface area contributed by atoms with Crippen molar-refractivity contribution in [3.05, 3.63) is 0 Å². The van der Waals surface area contributed by atoms with Crippen LogP contribution in [0.15, 0.2) is 0 Å². The molecular weight excluding hydrogens is 819 g/mol. The van der Waals surface area contributed by atoms with E-state index in [2.05, 4.69) is 125 Å². The van der Waals surface area contributed by atoms with E-state index in [0.717, 1.165) is 53.3 Å². The topological polar surface area (TPSA) is 26.0 Å². The van der Waals surface area contributed by atoms with Gasteiger partial charge in [0, 0.05) is 5.54 Å². The van der Waals surface area contributed by atoms with Crippen LogP contribution in [0.1, 0.15) is 320 Å². The van der Waals surface area contributed by atoms with Gasteiger partial charge in [-0.1, -0.05) is 237 Å². The van der Waals surface area contributed by atoms with Gasteiger partial charge in [-0.3, -0.25) is 0 Å². The van der Waals surface area contributed by atoms with Gasteiger partial charge >= 0.3 is 0 Å². The van der Waals surface area contributed by atoms with E-state index in [1.165, 1.54) is 154 Å². The third-order valence-electron chi connectivity index (χ3n) is 23.8. The monoisotopic (exact) mass is 952 g/mol. The largest absolute Gasteiger partial charge is 0.324 e. The molecule has 406 valence electrons. The summed E-state index contributed by atoms with van der Waals surface area (Å²) in [6, 6.07) is 0. The molecule has 0 spiro atoms. The molecule has 6 aliphatic carbocycles. The normalized spacial score (nSPS) is 42.1. The molecule has 12 unspecified atom stereocenters. The fourth-order valence-corrected chi connectivity index (χ4v) is 18.2. The fourth-order valence-electron chi connectivity index (χ4n) is 18.2. The molecule has 0 heterocycles. The summed E-state index contributed by atoms with van der Waals surface area (Å²) in [7, 11) is 0. The number of nitrogens with two attached hydrogens (primary N) is 1. The number of hydrogen-bond donors (Lipinski definition) is 1. The Hall–Kier alpha value is -0.0400. The molecule has 6 rings (SSSR count). The Balaban J connectivity index is 0.000000421.